The van der Waals surface area contributed by atoms with E-state index in [0.29, 0.717) is 24.0 Å². The first kappa shape index (κ1) is 25.1. The van der Waals surface area contributed by atoms with Crippen molar-refractivity contribution in [3.8, 4) is 5.75 Å². The Kier molecular flexibility index (Phi) is 8.45. The third kappa shape index (κ3) is 6.10. The molecule has 3 rings (SSSR count). The van der Waals surface area contributed by atoms with Gasteiger partial charge in [-0.2, -0.15) is 0 Å². The first-order valence-electron chi connectivity index (χ1n) is 11.1. The molecule has 2 aromatic carbocycles. The Bertz CT molecular complexity index is 1190. The van der Waals surface area contributed by atoms with Crippen LogP contribution in [0.4, 0.5) is 5.13 Å². The number of aromatic nitrogens is 1. The highest BCUT2D eigenvalue weighted by molar-refractivity contribution is 7.92. The van der Waals surface area contributed by atoms with Gasteiger partial charge in [-0.25, -0.2) is 13.4 Å². The average Bonchev–Trinajstić information content (AvgIpc) is 3.24. The van der Waals surface area contributed by atoms with Crippen LogP contribution in [0.5, 0.6) is 5.75 Å². The lowest BCUT2D eigenvalue weighted by Crippen LogP contribution is -2.41. The first-order chi connectivity index (χ1) is 15.8. The highest BCUT2D eigenvalue weighted by Crippen LogP contribution is 2.30. The number of hydrogen-bond donors (Lipinski definition) is 0. The summed E-state index contributed by atoms with van der Waals surface area (Å²) in [6.45, 7) is 8.93. The molecule has 0 N–H and O–H groups in total. The van der Waals surface area contributed by atoms with Gasteiger partial charge >= 0.3 is 0 Å². The van der Waals surface area contributed by atoms with Gasteiger partial charge in [-0.15, -0.1) is 0 Å². The minimum absolute atomic E-state index is 0.0947. The second-order valence-electron chi connectivity index (χ2n) is 7.66. The van der Waals surface area contributed by atoms with Crippen LogP contribution in [0.25, 0.3) is 10.2 Å². The minimum atomic E-state index is -3.81. The Morgan fingerprint density at radius 1 is 1.03 bits per heavy atom. The molecule has 0 atom stereocenters. The maximum Gasteiger partial charge on any atom is 0.244 e. The topological polar surface area (TPSA) is 79.8 Å². The lowest BCUT2D eigenvalue weighted by atomic mass is 10.2. The summed E-state index contributed by atoms with van der Waals surface area (Å²) in [6, 6.07) is 12.1. The number of nitrogens with zero attached hydrogens (tertiary/aromatic N) is 3. The van der Waals surface area contributed by atoms with E-state index in [0.717, 1.165) is 29.7 Å². The normalized spacial score (nSPS) is 11.8. The van der Waals surface area contributed by atoms with E-state index in [9.17, 15) is 13.2 Å². The molecular formula is C24H31N3O4S2. The Labute approximate surface area is 199 Å². The second-order valence-corrected chi connectivity index (χ2v) is 10.7. The molecule has 0 bridgehead atoms. The fourth-order valence-electron chi connectivity index (χ4n) is 3.51. The average molecular weight is 490 g/mol. The number of rotatable bonds is 11. The number of sulfone groups is 1. The molecule has 0 fully saturated rings. The van der Waals surface area contributed by atoms with Gasteiger partial charge in [0.05, 0.1) is 22.2 Å². The number of ether oxygens (including phenoxy) is 1. The Hall–Kier alpha value is -2.49. The van der Waals surface area contributed by atoms with Crippen LogP contribution in [0.1, 0.15) is 26.3 Å². The zero-order valence-electron chi connectivity index (χ0n) is 19.6. The fourth-order valence-corrected chi connectivity index (χ4v) is 5.78. The Morgan fingerprint density at radius 2 is 1.73 bits per heavy atom. The fraction of sp³-hybridized carbons (Fsp3) is 0.417. The van der Waals surface area contributed by atoms with Crippen LogP contribution < -0.4 is 9.64 Å². The molecule has 9 heteroatoms. The zero-order valence-corrected chi connectivity index (χ0v) is 21.2. The van der Waals surface area contributed by atoms with Crippen molar-refractivity contribution in [2.45, 2.75) is 32.1 Å². The van der Waals surface area contributed by atoms with Crippen LogP contribution in [-0.4, -0.2) is 63.3 Å². The van der Waals surface area contributed by atoms with Gasteiger partial charge in [-0.1, -0.05) is 38.2 Å². The van der Waals surface area contributed by atoms with Crippen LogP contribution in [0.3, 0.4) is 0 Å². The second kappa shape index (κ2) is 11.1. The molecule has 7 nitrogen and oxygen atoms in total. The van der Waals surface area contributed by atoms with E-state index in [4.69, 9.17) is 4.74 Å². The molecule has 1 amide bonds. The lowest BCUT2D eigenvalue weighted by molar-refractivity contribution is -0.116. The van der Waals surface area contributed by atoms with Crippen LogP contribution >= 0.6 is 11.3 Å². The molecule has 3 aromatic rings. The number of likely N-dealkylation sites (N-methyl/N-ethyl adjacent to an activating group) is 1. The predicted molar refractivity (Wildman–Crippen MR) is 134 cm³/mol. The van der Waals surface area contributed by atoms with E-state index in [2.05, 4.69) is 36.7 Å². The number of aryl methyl sites for hydroxylation is 1. The number of amides is 1. The third-order valence-electron chi connectivity index (χ3n) is 5.65. The highest BCUT2D eigenvalue weighted by Gasteiger charge is 2.27. The number of benzene rings is 2. The number of carbonyl (C=O) groups excluding carboxylic acids is 1. The highest BCUT2D eigenvalue weighted by atomic mass is 32.2. The van der Waals surface area contributed by atoms with Crippen molar-refractivity contribution >= 4 is 42.4 Å². The summed E-state index contributed by atoms with van der Waals surface area (Å²) >= 11 is 1.42. The monoisotopic (exact) mass is 489 g/mol. The van der Waals surface area contributed by atoms with Crippen LogP contribution in [0.15, 0.2) is 47.4 Å². The van der Waals surface area contributed by atoms with Gasteiger partial charge in [-0.3, -0.25) is 9.69 Å². The van der Waals surface area contributed by atoms with Crippen LogP contribution in [-0.2, 0) is 21.1 Å². The molecule has 1 aromatic heterocycles. The standard InChI is InChI=1S/C24H31N3O4S2/c1-5-18-8-13-21-22(16-18)32-24(25-21)27(15-14-26(6-2)7-3)23(28)17-33(29,30)20-11-9-19(31-4)10-12-20/h8-13,16H,5-7,14-15,17H2,1-4H3. The molecule has 0 unspecified atom stereocenters. The summed E-state index contributed by atoms with van der Waals surface area (Å²) in [5.74, 6) is -0.539. The first-order valence-corrected chi connectivity index (χ1v) is 13.6. The summed E-state index contributed by atoms with van der Waals surface area (Å²) in [4.78, 5) is 21.8. The van der Waals surface area contributed by atoms with E-state index < -0.39 is 21.5 Å². The number of hydrogen-bond acceptors (Lipinski definition) is 7. The lowest BCUT2D eigenvalue weighted by Gasteiger charge is -2.24. The van der Waals surface area contributed by atoms with E-state index in [1.165, 1.54) is 41.0 Å². The summed E-state index contributed by atoms with van der Waals surface area (Å²) in [7, 11) is -2.30. The summed E-state index contributed by atoms with van der Waals surface area (Å²) in [5.41, 5.74) is 2.01. The van der Waals surface area contributed by atoms with E-state index >= 15 is 0 Å². The molecule has 0 saturated heterocycles. The van der Waals surface area contributed by atoms with Crippen molar-refractivity contribution in [1.29, 1.82) is 0 Å². The van der Waals surface area contributed by atoms with Gasteiger partial charge in [0.15, 0.2) is 15.0 Å². The molecule has 0 radical (unpaired) electrons. The molecule has 0 aliphatic carbocycles. The largest absolute Gasteiger partial charge is 0.497 e. The number of fused-ring (bicyclic) bond motifs is 1. The number of carbonyl (C=O) groups is 1. The molecule has 0 spiro atoms. The summed E-state index contributed by atoms with van der Waals surface area (Å²) in [5, 5.41) is 0.528. The van der Waals surface area contributed by atoms with Gasteiger partial charge in [0.2, 0.25) is 5.91 Å². The number of thiazole rings is 1. The molecule has 0 aliphatic heterocycles. The van der Waals surface area contributed by atoms with Crippen molar-refractivity contribution in [3.05, 3.63) is 48.0 Å². The van der Waals surface area contributed by atoms with Crippen LogP contribution in [0, 0.1) is 0 Å². The molecule has 0 aliphatic rings. The smallest absolute Gasteiger partial charge is 0.244 e. The van der Waals surface area contributed by atoms with Gasteiger partial charge < -0.3 is 9.64 Å². The van der Waals surface area contributed by atoms with Gasteiger partial charge in [0, 0.05) is 13.1 Å². The van der Waals surface area contributed by atoms with Gasteiger partial charge in [0.1, 0.15) is 11.5 Å². The Balaban J connectivity index is 1.90. The van der Waals surface area contributed by atoms with Crippen molar-refractivity contribution in [3.63, 3.8) is 0 Å². The SMILES string of the molecule is CCc1ccc2nc(N(CCN(CC)CC)C(=O)CS(=O)(=O)c3ccc(OC)cc3)sc2c1. The third-order valence-corrected chi connectivity index (χ3v) is 8.31. The molecule has 178 valence electrons. The van der Waals surface area contributed by atoms with Gasteiger partial charge in [0.25, 0.3) is 0 Å². The summed E-state index contributed by atoms with van der Waals surface area (Å²) < 4.78 is 32.0. The van der Waals surface area contributed by atoms with E-state index in [-0.39, 0.29) is 4.90 Å². The van der Waals surface area contributed by atoms with Gasteiger partial charge in [-0.05, 0) is 61.5 Å². The van der Waals surface area contributed by atoms with Crippen molar-refractivity contribution in [2.24, 2.45) is 0 Å². The molecule has 1 heterocycles. The van der Waals surface area contributed by atoms with Crippen molar-refractivity contribution in [1.82, 2.24) is 9.88 Å². The maximum absolute atomic E-state index is 13.3. The summed E-state index contributed by atoms with van der Waals surface area (Å²) in [6.07, 6.45) is 0.911. The van der Waals surface area contributed by atoms with E-state index in [1.54, 1.807) is 12.1 Å². The quantitative estimate of drug-likeness (QED) is 0.405. The molecule has 0 saturated carbocycles. The minimum Gasteiger partial charge on any atom is -0.497 e. The van der Waals surface area contributed by atoms with Crippen molar-refractivity contribution < 1.29 is 17.9 Å². The van der Waals surface area contributed by atoms with Crippen molar-refractivity contribution in [2.75, 3.05) is 43.9 Å². The molecule has 33 heavy (non-hydrogen) atoms. The number of anilines is 1. The van der Waals surface area contributed by atoms with Crippen LogP contribution in [0.2, 0.25) is 0 Å². The zero-order chi connectivity index (χ0) is 24.0. The Morgan fingerprint density at radius 3 is 2.33 bits per heavy atom. The maximum atomic E-state index is 13.3. The molecular weight excluding hydrogens is 458 g/mol. The predicted octanol–water partition coefficient (Wildman–Crippen LogP) is 4.02. The van der Waals surface area contributed by atoms with E-state index in [1.807, 2.05) is 12.1 Å². The number of methoxy groups -OCH3 is 1.